The molecule has 2 aromatic rings. The second-order valence-corrected chi connectivity index (χ2v) is 5.48. The van der Waals surface area contributed by atoms with Gasteiger partial charge in [0, 0.05) is 7.05 Å². The van der Waals surface area contributed by atoms with E-state index in [9.17, 15) is 10.1 Å². The molecule has 0 N–H and O–H groups in total. The molecule has 21 heavy (non-hydrogen) atoms. The summed E-state index contributed by atoms with van der Waals surface area (Å²) in [6.45, 7) is 7.94. The normalized spacial score (nSPS) is 10.9. The largest absolute Gasteiger partial charge is 0.358 e. The number of hydrogen-bond donors (Lipinski definition) is 0. The SMILES string of the molecule is CCn1nc(-c2c(C)cc(C)c(=S)n2C)c(C)c1[N+](=O)[O-]. The lowest BCUT2D eigenvalue weighted by atomic mass is 10.1. The Kier molecular flexibility index (Phi) is 3.95. The standard InChI is InChI=1S/C14H18N4O2S/c1-6-17-13(18(19)20)10(4)11(15-17)12-8(2)7-9(3)14(21)16(12)5/h7H,6H2,1-5H3. The Morgan fingerprint density at radius 3 is 2.43 bits per heavy atom. The lowest BCUT2D eigenvalue weighted by molar-refractivity contribution is -0.393. The molecule has 0 aromatic carbocycles. The molecule has 0 saturated heterocycles. The maximum Gasteiger partial charge on any atom is 0.348 e. The van der Waals surface area contributed by atoms with Crippen LogP contribution in [-0.4, -0.2) is 19.3 Å². The van der Waals surface area contributed by atoms with E-state index in [1.54, 1.807) is 6.92 Å². The topological polar surface area (TPSA) is 65.9 Å². The van der Waals surface area contributed by atoms with Gasteiger partial charge in [0.05, 0.1) is 11.3 Å². The van der Waals surface area contributed by atoms with Crippen LogP contribution in [0.3, 0.4) is 0 Å². The fourth-order valence-electron chi connectivity index (χ4n) is 2.65. The smallest absolute Gasteiger partial charge is 0.348 e. The zero-order chi connectivity index (χ0) is 15.9. The molecule has 0 aliphatic rings. The van der Waals surface area contributed by atoms with E-state index in [-0.39, 0.29) is 10.7 Å². The molecule has 0 fully saturated rings. The van der Waals surface area contributed by atoms with Crippen molar-refractivity contribution in [1.29, 1.82) is 0 Å². The number of rotatable bonds is 3. The Hall–Kier alpha value is -2.02. The van der Waals surface area contributed by atoms with Crippen LogP contribution in [0.1, 0.15) is 23.6 Å². The van der Waals surface area contributed by atoms with Gasteiger partial charge in [-0.05, 0) is 43.7 Å². The summed E-state index contributed by atoms with van der Waals surface area (Å²) in [5.41, 5.74) is 4.03. The van der Waals surface area contributed by atoms with Crippen molar-refractivity contribution >= 4 is 18.0 Å². The third-order valence-corrected chi connectivity index (χ3v) is 4.23. The Morgan fingerprint density at radius 2 is 1.95 bits per heavy atom. The highest BCUT2D eigenvalue weighted by molar-refractivity contribution is 7.71. The molecule has 0 radical (unpaired) electrons. The van der Waals surface area contributed by atoms with Crippen LogP contribution in [0.2, 0.25) is 0 Å². The van der Waals surface area contributed by atoms with Crippen LogP contribution in [-0.2, 0) is 13.6 Å². The van der Waals surface area contributed by atoms with E-state index in [4.69, 9.17) is 12.2 Å². The van der Waals surface area contributed by atoms with Crippen LogP contribution in [0.15, 0.2) is 6.07 Å². The van der Waals surface area contributed by atoms with Gasteiger partial charge in [-0.3, -0.25) is 0 Å². The van der Waals surface area contributed by atoms with Crippen molar-refractivity contribution in [1.82, 2.24) is 14.3 Å². The number of aromatic nitrogens is 3. The highest BCUT2D eigenvalue weighted by Crippen LogP contribution is 2.31. The average Bonchev–Trinajstić information content (AvgIpc) is 2.73. The van der Waals surface area contributed by atoms with Gasteiger partial charge in [0.15, 0.2) is 0 Å². The molecule has 0 amide bonds. The van der Waals surface area contributed by atoms with Crippen LogP contribution in [0.4, 0.5) is 5.82 Å². The van der Waals surface area contributed by atoms with Gasteiger partial charge in [0.1, 0.15) is 16.9 Å². The van der Waals surface area contributed by atoms with E-state index in [2.05, 4.69) is 5.10 Å². The van der Waals surface area contributed by atoms with Crippen molar-refractivity contribution in [2.45, 2.75) is 34.2 Å². The molecule has 0 atom stereocenters. The minimum Gasteiger partial charge on any atom is -0.358 e. The Morgan fingerprint density at radius 1 is 1.33 bits per heavy atom. The third kappa shape index (κ3) is 2.37. The maximum absolute atomic E-state index is 11.3. The van der Waals surface area contributed by atoms with E-state index < -0.39 is 0 Å². The van der Waals surface area contributed by atoms with Gasteiger partial charge in [-0.15, -0.1) is 4.68 Å². The lowest BCUT2D eigenvalue weighted by Gasteiger charge is -2.12. The van der Waals surface area contributed by atoms with E-state index in [0.29, 0.717) is 22.4 Å². The third-order valence-electron chi connectivity index (χ3n) is 3.64. The zero-order valence-electron chi connectivity index (χ0n) is 12.8. The Bertz CT molecular complexity index is 789. The average molecular weight is 306 g/mol. The van der Waals surface area contributed by atoms with Crippen LogP contribution in [0, 0.1) is 35.5 Å². The first kappa shape index (κ1) is 15.4. The second-order valence-electron chi connectivity index (χ2n) is 5.09. The lowest BCUT2D eigenvalue weighted by Crippen LogP contribution is -2.05. The molecular weight excluding hydrogens is 288 g/mol. The van der Waals surface area contributed by atoms with Crippen LogP contribution in [0.25, 0.3) is 11.4 Å². The van der Waals surface area contributed by atoms with Gasteiger partial charge < -0.3 is 14.7 Å². The Labute approximate surface area is 128 Å². The van der Waals surface area contributed by atoms with E-state index in [0.717, 1.165) is 16.8 Å². The van der Waals surface area contributed by atoms with Crippen molar-refractivity contribution in [3.63, 3.8) is 0 Å². The van der Waals surface area contributed by atoms with Gasteiger partial charge in [0.2, 0.25) is 0 Å². The van der Waals surface area contributed by atoms with E-state index in [1.807, 2.05) is 38.5 Å². The molecule has 0 bridgehead atoms. The first-order valence-corrected chi connectivity index (χ1v) is 7.09. The van der Waals surface area contributed by atoms with Crippen LogP contribution >= 0.6 is 12.2 Å². The molecule has 0 unspecified atom stereocenters. The van der Waals surface area contributed by atoms with E-state index in [1.165, 1.54) is 4.68 Å². The van der Waals surface area contributed by atoms with Crippen molar-refractivity contribution in [2.75, 3.05) is 0 Å². The molecular formula is C14H18N4O2S. The minimum absolute atomic E-state index is 0.0402. The molecule has 2 heterocycles. The molecule has 2 aromatic heterocycles. The van der Waals surface area contributed by atoms with Crippen molar-refractivity contribution in [2.24, 2.45) is 7.05 Å². The molecule has 0 aliphatic carbocycles. The minimum atomic E-state index is -0.381. The Balaban J connectivity index is 2.84. The fourth-order valence-corrected chi connectivity index (χ4v) is 2.80. The molecule has 7 heteroatoms. The van der Waals surface area contributed by atoms with Crippen molar-refractivity contribution in [3.05, 3.63) is 37.5 Å². The molecule has 0 saturated carbocycles. The first-order valence-electron chi connectivity index (χ1n) is 6.69. The fraction of sp³-hybridized carbons (Fsp3) is 0.429. The first-order chi connectivity index (χ1) is 9.79. The predicted molar refractivity (Wildman–Crippen MR) is 84.0 cm³/mol. The summed E-state index contributed by atoms with van der Waals surface area (Å²) in [5.74, 6) is 0.0402. The maximum atomic E-state index is 11.3. The second kappa shape index (κ2) is 5.40. The predicted octanol–water partition coefficient (Wildman–Crippen LogP) is 3.47. The summed E-state index contributed by atoms with van der Waals surface area (Å²) in [7, 11) is 1.87. The number of nitrogens with zero attached hydrogens (tertiary/aromatic N) is 4. The highest BCUT2D eigenvalue weighted by Gasteiger charge is 2.26. The number of aryl methyl sites for hydroxylation is 3. The molecule has 0 aliphatic heterocycles. The summed E-state index contributed by atoms with van der Waals surface area (Å²) in [5, 5.41) is 15.7. The quantitative estimate of drug-likeness (QED) is 0.495. The number of pyridine rings is 1. The van der Waals surface area contributed by atoms with Crippen molar-refractivity contribution in [3.8, 4) is 11.4 Å². The molecule has 6 nitrogen and oxygen atoms in total. The van der Waals surface area contributed by atoms with Crippen LogP contribution < -0.4 is 0 Å². The molecule has 0 spiro atoms. The summed E-state index contributed by atoms with van der Waals surface area (Å²) < 4.78 is 4.01. The monoisotopic (exact) mass is 306 g/mol. The number of nitro groups is 1. The van der Waals surface area contributed by atoms with E-state index >= 15 is 0 Å². The molecule has 2 rings (SSSR count). The van der Waals surface area contributed by atoms with Gasteiger partial charge in [-0.1, -0.05) is 23.4 Å². The van der Waals surface area contributed by atoms with Gasteiger partial charge in [-0.2, -0.15) is 0 Å². The zero-order valence-corrected chi connectivity index (χ0v) is 13.6. The summed E-state index contributed by atoms with van der Waals surface area (Å²) in [4.78, 5) is 10.9. The summed E-state index contributed by atoms with van der Waals surface area (Å²) in [6.07, 6.45) is 0. The molecule has 112 valence electrons. The number of hydrogen-bond acceptors (Lipinski definition) is 4. The van der Waals surface area contributed by atoms with Gasteiger partial charge >= 0.3 is 5.82 Å². The van der Waals surface area contributed by atoms with Crippen molar-refractivity contribution < 1.29 is 4.92 Å². The summed E-state index contributed by atoms with van der Waals surface area (Å²) >= 11 is 5.40. The van der Waals surface area contributed by atoms with Gasteiger partial charge in [0.25, 0.3) is 0 Å². The van der Waals surface area contributed by atoms with Crippen LogP contribution in [0.5, 0.6) is 0 Å². The van der Waals surface area contributed by atoms with Gasteiger partial charge in [-0.25, -0.2) is 0 Å². The summed E-state index contributed by atoms with van der Waals surface area (Å²) in [6, 6.07) is 1.99. The highest BCUT2D eigenvalue weighted by atomic mass is 32.1.